The third kappa shape index (κ3) is 2.52. The van der Waals surface area contributed by atoms with Crippen LogP contribution in [0.25, 0.3) is 0 Å². The van der Waals surface area contributed by atoms with Crippen LogP contribution in [-0.4, -0.2) is 5.97 Å². The molecule has 2 rings (SSSR count). The molecule has 2 nitrogen and oxygen atoms in total. The van der Waals surface area contributed by atoms with Crippen molar-refractivity contribution < 1.29 is 18.3 Å². The lowest BCUT2D eigenvalue weighted by Gasteiger charge is -2.04. The van der Waals surface area contributed by atoms with E-state index in [0.717, 1.165) is 12.8 Å². The molecule has 1 aliphatic rings. The number of alkyl halides is 2. The van der Waals surface area contributed by atoms with Crippen molar-refractivity contribution in [3.05, 3.63) is 29.8 Å². The lowest BCUT2D eigenvalue weighted by molar-refractivity contribution is -0.135. The van der Waals surface area contributed by atoms with Crippen LogP contribution in [0.3, 0.4) is 0 Å². The molecule has 15 heavy (non-hydrogen) atoms. The molecule has 1 aromatic rings. The molecule has 1 saturated carbocycles. The molecule has 80 valence electrons. The van der Waals surface area contributed by atoms with Gasteiger partial charge >= 0.3 is 5.97 Å². The standard InChI is InChI=1S/C11H10F2O2/c12-10(13)7-3-5-9(6-4-7)15-11(14)8-1-2-8/h3-6,8,10H,1-2H2. The molecule has 4 heteroatoms. The zero-order chi connectivity index (χ0) is 10.8. The zero-order valence-electron chi connectivity index (χ0n) is 7.95. The number of ether oxygens (including phenoxy) is 1. The third-order valence-corrected chi connectivity index (χ3v) is 2.26. The van der Waals surface area contributed by atoms with Crippen LogP contribution in [0, 0.1) is 5.92 Å². The summed E-state index contributed by atoms with van der Waals surface area (Å²) in [5.41, 5.74) is -0.0683. The van der Waals surface area contributed by atoms with E-state index >= 15 is 0 Å². The Balaban J connectivity index is 2.00. The van der Waals surface area contributed by atoms with Gasteiger partial charge < -0.3 is 4.74 Å². The van der Waals surface area contributed by atoms with Gasteiger partial charge in [-0.05, 0) is 37.1 Å². The van der Waals surface area contributed by atoms with Gasteiger partial charge in [-0.15, -0.1) is 0 Å². The number of hydrogen-bond acceptors (Lipinski definition) is 2. The van der Waals surface area contributed by atoms with E-state index in [1.807, 2.05) is 0 Å². The molecule has 0 atom stereocenters. The van der Waals surface area contributed by atoms with Crippen LogP contribution in [0.15, 0.2) is 24.3 Å². The van der Waals surface area contributed by atoms with Crippen LogP contribution in [0.2, 0.25) is 0 Å². The second kappa shape index (κ2) is 3.96. The molecule has 0 spiro atoms. The lowest BCUT2D eigenvalue weighted by Crippen LogP contribution is -2.09. The minimum Gasteiger partial charge on any atom is -0.426 e. The highest BCUT2D eigenvalue weighted by Crippen LogP contribution is 2.31. The molecule has 0 aliphatic heterocycles. The number of benzene rings is 1. The number of rotatable bonds is 3. The van der Waals surface area contributed by atoms with Crippen molar-refractivity contribution in [2.45, 2.75) is 19.3 Å². The summed E-state index contributed by atoms with van der Waals surface area (Å²) >= 11 is 0. The predicted molar refractivity (Wildman–Crippen MR) is 49.8 cm³/mol. The largest absolute Gasteiger partial charge is 0.426 e. The molecule has 0 unspecified atom stereocenters. The maximum atomic E-state index is 12.2. The van der Waals surface area contributed by atoms with Crippen molar-refractivity contribution >= 4 is 5.97 Å². The minimum atomic E-state index is -2.49. The van der Waals surface area contributed by atoms with E-state index in [9.17, 15) is 13.6 Å². The Hall–Kier alpha value is -1.45. The average molecular weight is 212 g/mol. The first-order valence-corrected chi connectivity index (χ1v) is 4.76. The Morgan fingerprint density at radius 2 is 1.87 bits per heavy atom. The molecule has 0 radical (unpaired) electrons. The summed E-state index contributed by atoms with van der Waals surface area (Å²) in [6, 6.07) is 5.31. The van der Waals surface area contributed by atoms with E-state index < -0.39 is 6.43 Å². The van der Waals surface area contributed by atoms with Gasteiger partial charge in [-0.1, -0.05) is 0 Å². The van der Waals surface area contributed by atoms with E-state index in [2.05, 4.69) is 0 Å². The van der Waals surface area contributed by atoms with Gasteiger partial charge in [-0.25, -0.2) is 8.78 Å². The van der Waals surface area contributed by atoms with Gasteiger partial charge in [-0.3, -0.25) is 4.79 Å². The summed E-state index contributed by atoms with van der Waals surface area (Å²) in [5, 5.41) is 0. The molecule has 0 N–H and O–H groups in total. The number of hydrogen-bond donors (Lipinski definition) is 0. The molecular formula is C11H10F2O2. The first kappa shape index (κ1) is 10.1. The quantitative estimate of drug-likeness (QED) is 0.568. The van der Waals surface area contributed by atoms with Crippen LogP contribution in [0.1, 0.15) is 24.8 Å². The Morgan fingerprint density at radius 3 is 2.33 bits per heavy atom. The molecule has 1 aromatic carbocycles. The maximum absolute atomic E-state index is 12.2. The summed E-state index contributed by atoms with van der Waals surface area (Å²) in [7, 11) is 0. The van der Waals surface area contributed by atoms with E-state index in [-0.39, 0.29) is 17.5 Å². The lowest BCUT2D eigenvalue weighted by atomic mass is 10.2. The Kier molecular flexibility index (Phi) is 2.66. The fraction of sp³-hybridized carbons (Fsp3) is 0.364. The van der Waals surface area contributed by atoms with Crippen LogP contribution in [-0.2, 0) is 4.79 Å². The highest BCUT2D eigenvalue weighted by molar-refractivity contribution is 5.77. The molecule has 1 aliphatic carbocycles. The van der Waals surface area contributed by atoms with Crippen LogP contribution < -0.4 is 4.74 Å². The highest BCUT2D eigenvalue weighted by Gasteiger charge is 2.31. The van der Waals surface area contributed by atoms with Gasteiger partial charge in [0.05, 0.1) is 5.92 Å². The summed E-state index contributed by atoms with van der Waals surface area (Å²) in [6.07, 6.45) is -0.750. The molecule has 1 fully saturated rings. The third-order valence-electron chi connectivity index (χ3n) is 2.26. The van der Waals surface area contributed by atoms with Crippen LogP contribution >= 0.6 is 0 Å². The second-order valence-electron chi connectivity index (χ2n) is 3.57. The monoisotopic (exact) mass is 212 g/mol. The van der Waals surface area contributed by atoms with Gasteiger partial charge in [0.25, 0.3) is 6.43 Å². The Labute approximate surface area is 85.9 Å². The second-order valence-corrected chi connectivity index (χ2v) is 3.57. The van der Waals surface area contributed by atoms with Crippen LogP contribution in [0.4, 0.5) is 8.78 Å². The van der Waals surface area contributed by atoms with E-state index in [1.165, 1.54) is 24.3 Å². The van der Waals surface area contributed by atoms with Gasteiger partial charge in [0, 0.05) is 5.56 Å². The van der Waals surface area contributed by atoms with Crippen molar-refractivity contribution in [3.8, 4) is 5.75 Å². The first-order valence-electron chi connectivity index (χ1n) is 4.76. The molecule has 0 saturated heterocycles. The Morgan fingerprint density at radius 1 is 1.27 bits per heavy atom. The molecular weight excluding hydrogens is 202 g/mol. The summed E-state index contributed by atoms with van der Waals surface area (Å²) in [5.74, 6) is 0.0795. The van der Waals surface area contributed by atoms with Gasteiger partial charge in [0.2, 0.25) is 0 Å². The fourth-order valence-electron chi connectivity index (χ4n) is 1.20. The first-order chi connectivity index (χ1) is 7.16. The molecule has 0 amide bonds. The SMILES string of the molecule is O=C(Oc1ccc(C(F)F)cc1)C1CC1. The van der Waals surface area contributed by atoms with E-state index in [4.69, 9.17) is 4.74 Å². The summed E-state index contributed by atoms with van der Waals surface area (Å²) in [6.45, 7) is 0. The zero-order valence-corrected chi connectivity index (χ0v) is 7.95. The Bertz CT molecular complexity index is 355. The highest BCUT2D eigenvalue weighted by atomic mass is 19.3. The summed E-state index contributed by atoms with van der Waals surface area (Å²) < 4.78 is 29.4. The number of carbonyl (C=O) groups excluding carboxylic acids is 1. The topological polar surface area (TPSA) is 26.3 Å². The number of halogens is 2. The molecule has 0 bridgehead atoms. The molecule has 0 aromatic heterocycles. The smallest absolute Gasteiger partial charge is 0.314 e. The molecule has 0 heterocycles. The minimum absolute atomic E-state index is 0.0137. The van der Waals surface area contributed by atoms with Crippen molar-refractivity contribution in [3.63, 3.8) is 0 Å². The van der Waals surface area contributed by atoms with Gasteiger partial charge in [-0.2, -0.15) is 0 Å². The van der Waals surface area contributed by atoms with E-state index in [1.54, 1.807) is 0 Å². The average Bonchev–Trinajstić information content (AvgIpc) is 3.01. The van der Waals surface area contributed by atoms with Gasteiger partial charge in [0.15, 0.2) is 0 Å². The van der Waals surface area contributed by atoms with E-state index in [0.29, 0.717) is 5.75 Å². The normalized spacial score (nSPS) is 15.4. The van der Waals surface area contributed by atoms with Crippen molar-refractivity contribution in [2.75, 3.05) is 0 Å². The van der Waals surface area contributed by atoms with Crippen molar-refractivity contribution in [2.24, 2.45) is 5.92 Å². The number of carbonyl (C=O) groups is 1. The maximum Gasteiger partial charge on any atom is 0.314 e. The summed E-state index contributed by atoms with van der Waals surface area (Å²) in [4.78, 5) is 11.2. The van der Waals surface area contributed by atoms with Crippen LogP contribution in [0.5, 0.6) is 5.75 Å². The van der Waals surface area contributed by atoms with Crippen molar-refractivity contribution in [1.29, 1.82) is 0 Å². The van der Waals surface area contributed by atoms with Crippen molar-refractivity contribution in [1.82, 2.24) is 0 Å². The van der Waals surface area contributed by atoms with Gasteiger partial charge in [0.1, 0.15) is 5.75 Å². The predicted octanol–water partition coefficient (Wildman–Crippen LogP) is 2.94. The number of esters is 1. The fourth-order valence-corrected chi connectivity index (χ4v) is 1.20.